The number of aromatic nitrogens is 4. The number of ether oxygens (including phenoxy) is 2. The second-order valence-corrected chi connectivity index (χ2v) is 6.97. The molecule has 10 heteroatoms. The number of methoxy groups -OCH3 is 1. The van der Waals surface area contributed by atoms with Gasteiger partial charge in [0.15, 0.2) is 11.2 Å². The van der Waals surface area contributed by atoms with Gasteiger partial charge in [0.05, 0.1) is 6.54 Å². The maximum atomic E-state index is 12.8. The van der Waals surface area contributed by atoms with Crippen LogP contribution in [0.1, 0.15) is 6.42 Å². The van der Waals surface area contributed by atoms with Crippen LogP contribution in [0.4, 0.5) is 5.95 Å². The molecule has 30 heavy (non-hydrogen) atoms. The highest BCUT2D eigenvalue weighted by molar-refractivity contribution is 5.74. The summed E-state index contributed by atoms with van der Waals surface area (Å²) in [5, 5.41) is 13.7. The average Bonchev–Trinajstić information content (AvgIpc) is 3.11. The molecule has 2 heterocycles. The number of nitrogens with one attached hydrogen (secondary N) is 1. The van der Waals surface area contributed by atoms with Crippen LogP contribution in [0.5, 0.6) is 5.75 Å². The van der Waals surface area contributed by atoms with Crippen molar-refractivity contribution in [3.63, 3.8) is 0 Å². The molecule has 0 aliphatic carbocycles. The zero-order valence-electron chi connectivity index (χ0n) is 17.4. The number of benzene rings is 1. The van der Waals surface area contributed by atoms with Crippen LogP contribution in [0.15, 0.2) is 39.9 Å². The second kappa shape index (κ2) is 9.59. The van der Waals surface area contributed by atoms with Crippen molar-refractivity contribution in [1.29, 1.82) is 0 Å². The van der Waals surface area contributed by atoms with E-state index in [1.807, 2.05) is 18.2 Å². The minimum Gasteiger partial charge on any atom is -0.491 e. The van der Waals surface area contributed by atoms with Crippen molar-refractivity contribution in [2.75, 3.05) is 32.2 Å². The topological polar surface area (TPSA) is 113 Å². The van der Waals surface area contributed by atoms with Gasteiger partial charge in [0.2, 0.25) is 5.95 Å². The first-order chi connectivity index (χ1) is 14.4. The Labute approximate surface area is 173 Å². The Hall–Kier alpha value is -3.11. The number of aryl methyl sites for hydroxylation is 1. The summed E-state index contributed by atoms with van der Waals surface area (Å²) >= 11 is 0. The lowest BCUT2D eigenvalue weighted by atomic mass is 10.3. The highest BCUT2D eigenvalue weighted by Gasteiger charge is 2.21. The van der Waals surface area contributed by atoms with Gasteiger partial charge in [-0.05, 0) is 18.6 Å². The summed E-state index contributed by atoms with van der Waals surface area (Å²) in [5.41, 5.74) is -0.432. The van der Waals surface area contributed by atoms with Gasteiger partial charge in [-0.15, -0.1) is 0 Å². The van der Waals surface area contributed by atoms with Crippen LogP contribution in [0.25, 0.3) is 11.2 Å². The number of para-hydroxylation sites is 1. The quantitative estimate of drug-likeness (QED) is 0.457. The number of rotatable bonds is 10. The van der Waals surface area contributed by atoms with Crippen molar-refractivity contribution in [3.05, 3.63) is 51.2 Å². The third-order valence-corrected chi connectivity index (χ3v) is 4.74. The van der Waals surface area contributed by atoms with Crippen molar-refractivity contribution in [3.8, 4) is 5.75 Å². The summed E-state index contributed by atoms with van der Waals surface area (Å²) in [7, 11) is 4.60. The number of imidazole rings is 1. The number of aliphatic hydroxyl groups excluding tert-OH is 1. The molecule has 0 radical (unpaired) electrons. The number of anilines is 1. The van der Waals surface area contributed by atoms with E-state index in [1.165, 1.54) is 11.6 Å². The Morgan fingerprint density at radius 2 is 1.90 bits per heavy atom. The molecule has 0 fully saturated rings. The molecular weight excluding hydrogens is 390 g/mol. The number of fused-ring (bicyclic) bond motifs is 1. The van der Waals surface area contributed by atoms with Crippen molar-refractivity contribution in [2.45, 2.75) is 19.1 Å². The van der Waals surface area contributed by atoms with E-state index >= 15 is 0 Å². The summed E-state index contributed by atoms with van der Waals surface area (Å²) in [6.07, 6.45) is -0.167. The van der Waals surface area contributed by atoms with Gasteiger partial charge in [-0.25, -0.2) is 4.79 Å². The summed E-state index contributed by atoms with van der Waals surface area (Å²) < 4.78 is 14.6. The molecule has 0 amide bonds. The fourth-order valence-corrected chi connectivity index (χ4v) is 3.15. The van der Waals surface area contributed by atoms with Crippen LogP contribution in [0.3, 0.4) is 0 Å². The van der Waals surface area contributed by atoms with Gasteiger partial charge in [0, 0.05) is 34.4 Å². The van der Waals surface area contributed by atoms with Crippen LogP contribution < -0.4 is 21.3 Å². The second-order valence-electron chi connectivity index (χ2n) is 6.97. The van der Waals surface area contributed by atoms with E-state index in [1.54, 1.807) is 30.9 Å². The van der Waals surface area contributed by atoms with Crippen LogP contribution in [0, 0.1) is 0 Å². The fourth-order valence-electron chi connectivity index (χ4n) is 3.15. The molecule has 3 aromatic rings. The lowest BCUT2D eigenvalue weighted by molar-refractivity contribution is 0.0938. The Balaban J connectivity index is 1.91. The molecule has 2 aromatic heterocycles. The van der Waals surface area contributed by atoms with Gasteiger partial charge in [0.25, 0.3) is 5.56 Å². The molecule has 1 aromatic carbocycles. The van der Waals surface area contributed by atoms with Gasteiger partial charge in [-0.1, -0.05) is 18.2 Å². The molecule has 10 nitrogen and oxygen atoms in total. The lowest BCUT2D eigenvalue weighted by Crippen LogP contribution is -2.38. The number of hydrogen-bond donors (Lipinski definition) is 2. The molecule has 0 bridgehead atoms. The highest BCUT2D eigenvalue weighted by Crippen LogP contribution is 2.17. The minimum absolute atomic E-state index is 0.0406. The predicted molar refractivity (Wildman–Crippen MR) is 113 cm³/mol. The third-order valence-electron chi connectivity index (χ3n) is 4.74. The monoisotopic (exact) mass is 417 g/mol. The number of aliphatic hydroxyl groups is 1. The van der Waals surface area contributed by atoms with E-state index in [-0.39, 0.29) is 24.3 Å². The summed E-state index contributed by atoms with van der Waals surface area (Å²) in [6.45, 7) is 1.24. The minimum atomic E-state index is -0.899. The van der Waals surface area contributed by atoms with Crippen molar-refractivity contribution >= 4 is 17.1 Å². The summed E-state index contributed by atoms with van der Waals surface area (Å²) in [6, 6.07) is 9.17. The molecule has 3 rings (SSSR count). The van der Waals surface area contributed by atoms with Crippen LogP contribution in [0.2, 0.25) is 0 Å². The maximum Gasteiger partial charge on any atom is 0.332 e. The standard InChI is InChI=1S/C20H27N5O5/c1-23-17-16(18(27)24(2)20(23)28)25(19(22-17)21-10-7-11-29-3)12-14(26)13-30-15-8-5-4-6-9-15/h4-6,8-9,14,26H,7,10-13H2,1-3H3,(H,21,22)/t14-/m0/s1. The predicted octanol–water partition coefficient (Wildman–Crippen LogP) is 0.322. The van der Waals surface area contributed by atoms with Crippen molar-refractivity contribution < 1.29 is 14.6 Å². The van der Waals surface area contributed by atoms with Gasteiger partial charge >= 0.3 is 5.69 Å². The van der Waals surface area contributed by atoms with Gasteiger partial charge in [-0.3, -0.25) is 13.9 Å². The highest BCUT2D eigenvalue weighted by atomic mass is 16.5. The van der Waals surface area contributed by atoms with E-state index in [0.717, 1.165) is 11.0 Å². The average molecular weight is 417 g/mol. The maximum absolute atomic E-state index is 12.8. The van der Waals surface area contributed by atoms with E-state index in [2.05, 4.69) is 10.3 Å². The van der Waals surface area contributed by atoms with Crippen LogP contribution in [-0.2, 0) is 25.4 Å². The molecule has 0 aliphatic rings. The van der Waals surface area contributed by atoms with Gasteiger partial charge in [0.1, 0.15) is 18.5 Å². The van der Waals surface area contributed by atoms with Gasteiger partial charge < -0.3 is 24.5 Å². The first-order valence-electron chi connectivity index (χ1n) is 9.69. The Kier molecular flexibility index (Phi) is 6.91. The smallest absolute Gasteiger partial charge is 0.332 e. The largest absolute Gasteiger partial charge is 0.491 e. The molecule has 0 saturated heterocycles. The molecule has 2 N–H and O–H groups in total. The first kappa shape index (κ1) is 21.6. The van der Waals surface area contributed by atoms with E-state index in [0.29, 0.717) is 24.8 Å². The molecule has 0 aliphatic heterocycles. The van der Waals surface area contributed by atoms with Crippen LogP contribution in [-0.4, -0.2) is 56.8 Å². The molecular formula is C20H27N5O5. The molecule has 162 valence electrons. The summed E-state index contributed by atoms with van der Waals surface area (Å²) in [5.74, 6) is 1.04. The van der Waals surface area contributed by atoms with Crippen molar-refractivity contribution in [1.82, 2.24) is 18.7 Å². The Bertz CT molecular complexity index is 1100. The lowest BCUT2D eigenvalue weighted by Gasteiger charge is -2.16. The number of nitrogens with zero attached hydrogens (tertiary/aromatic N) is 4. The third kappa shape index (κ3) is 4.55. The normalized spacial score (nSPS) is 12.3. The fraction of sp³-hybridized carbons (Fsp3) is 0.450. The number of hydrogen-bond acceptors (Lipinski definition) is 7. The molecule has 0 spiro atoms. The summed E-state index contributed by atoms with van der Waals surface area (Å²) in [4.78, 5) is 29.5. The first-order valence-corrected chi connectivity index (χ1v) is 9.69. The molecule has 0 saturated carbocycles. The Morgan fingerprint density at radius 3 is 2.60 bits per heavy atom. The van der Waals surface area contributed by atoms with Crippen molar-refractivity contribution in [2.24, 2.45) is 14.1 Å². The van der Waals surface area contributed by atoms with E-state index in [9.17, 15) is 14.7 Å². The Morgan fingerprint density at radius 1 is 1.17 bits per heavy atom. The van der Waals surface area contributed by atoms with E-state index < -0.39 is 17.4 Å². The van der Waals surface area contributed by atoms with Crippen LogP contribution >= 0.6 is 0 Å². The zero-order chi connectivity index (χ0) is 21.7. The molecule has 1 atom stereocenters. The van der Waals surface area contributed by atoms with Gasteiger partial charge in [-0.2, -0.15) is 4.98 Å². The van der Waals surface area contributed by atoms with E-state index in [4.69, 9.17) is 9.47 Å². The molecule has 0 unspecified atom stereocenters. The zero-order valence-corrected chi connectivity index (χ0v) is 17.4. The SMILES string of the molecule is COCCCNc1nc2c(c(=O)n(C)c(=O)n2C)n1C[C@H](O)COc1ccccc1.